The summed E-state index contributed by atoms with van der Waals surface area (Å²) >= 11 is 0. The molecule has 0 spiro atoms. The van der Waals surface area contributed by atoms with Crippen molar-refractivity contribution >= 4 is 11.8 Å². The average molecular weight is 283 g/mol. The molecule has 0 aliphatic carbocycles. The lowest BCUT2D eigenvalue weighted by atomic mass is 10.1. The number of hydrogen-bond acceptors (Lipinski definition) is 6. The second-order valence-electron chi connectivity index (χ2n) is 4.55. The molecule has 4 N–H and O–H groups in total. The molecule has 2 aromatic rings. The number of ether oxygens (including phenoxy) is 1. The van der Waals surface area contributed by atoms with Crippen molar-refractivity contribution in [1.82, 2.24) is 9.97 Å². The minimum Gasteiger partial charge on any atom is -0.382 e. The van der Waals surface area contributed by atoms with E-state index in [4.69, 9.17) is 16.2 Å². The third kappa shape index (κ3) is 3.46. The lowest BCUT2D eigenvalue weighted by molar-refractivity contribution is 0.121. The van der Waals surface area contributed by atoms with Crippen LogP contribution in [0.4, 0.5) is 11.8 Å². The summed E-state index contributed by atoms with van der Waals surface area (Å²) in [6.45, 7) is 3.36. The maximum absolute atomic E-state index is 9.18. The number of rotatable bonds is 5. The summed E-state index contributed by atoms with van der Waals surface area (Å²) in [4.78, 5) is 7.91. The molecule has 2 rings (SSSR count). The molecule has 0 saturated heterocycles. The van der Waals surface area contributed by atoms with Gasteiger partial charge < -0.3 is 16.2 Å². The smallest absolute Gasteiger partial charge is 0.222 e. The summed E-state index contributed by atoms with van der Waals surface area (Å²) in [5, 5.41) is 9.18. The van der Waals surface area contributed by atoms with Crippen LogP contribution in [0.1, 0.15) is 24.5 Å². The van der Waals surface area contributed by atoms with Crippen LogP contribution in [0.25, 0.3) is 11.3 Å². The zero-order valence-electron chi connectivity index (χ0n) is 11.8. The fourth-order valence-electron chi connectivity index (χ4n) is 1.91. The molecule has 6 nitrogen and oxygen atoms in total. The lowest BCUT2D eigenvalue weighted by Crippen LogP contribution is -2.05. The van der Waals surface area contributed by atoms with Gasteiger partial charge in [0.2, 0.25) is 5.95 Å². The van der Waals surface area contributed by atoms with Crippen molar-refractivity contribution in [2.75, 3.05) is 18.1 Å². The Bertz CT molecular complexity index is 661. The van der Waals surface area contributed by atoms with E-state index in [1.165, 1.54) is 0 Å². The molecule has 0 atom stereocenters. The van der Waals surface area contributed by atoms with E-state index in [0.717, 1.165) is 24.2 Å². The summed E-state index contributed by atoms with van der Waals surface area (Å²) in [6.07, 6.45) is 0.989. The molecule has 0 saturated carbocycles. The van der Waals surface area contributed by atoms with Crippen molar-refractivity contribution in [1.29, 1.82) is 5.26 Å². The van der Waals surface area contributed by atoms with Crippen LogP contribution in [0.3, 0.4) is 0 Å². The molecule has 0 bridgehead atoms. The standard InChI is InChI=1S/C15H17N5O/c1-2-7-21-9-10-3-5-11(6-4-10)13-12(8-16)14(17)20-15(18)19-13/h3-6H,2,7,9H2,1H3,(H4,17,18,19,20). The molecule has 108 valence electrons. The first kappa shape index (κ1) is 14.8. The Labute approximate surface area is 123 Å². The summed E-state index contributed by atoms with van der Waals surface area (Å²) in [7, 11) is 0. The van der Waals surface area contributed by atoms with Gasteiger partial charge in [0, 0.05) is 12.2 Å². The molecular formula is C15H17N5O. The monoisotopic (exact) mass is 283 g/mol. The SMILES string of the molecule is CCCOCc1ccc(-c2nc(N)nc(N)c2C#N)cc1. The third-order valence-corrected chi connectivity index (χ3v) is 2.91. The summed E-state index contributed by atoms with van der Waals surface area (Å²) in [6, 6.07) is 9.61. The number of nitrogens with two attached hydrogens (primary N) is 2. The average Bonchev–Trinajstić information content (AvgIpc) is 2.47. The molecular weight excluding hydrogens is 266 g/mol. The number of anilines is 2. The molecule has 0 amide bonds. The number of aromatic nitrogens is 2. The van der Waals surface area contributed by atoms with Gasteiger partial charge in [0.15, 0.2) is 0 Å². The quantitative estimate of drug-likeness (QED) is 0.813. The van der Waals surface area contributed by atoms with E-state index in [9.17, 15) is 5.26 Å². The minimum atomic E-state index is 0.0526. The van der Waals surface area contributed by atoms with Crippen molar-refractivity contribution in [3.8, 4) is 17.3 Å². The van der Waals surface area contributed by atoms with Crippen molar-refractivity contribution in [2.24, 2.45) is 0 Å². The fraction of sp³-hybridized carbons (Fsp3) is 0.267. The van der Waals surface area contributed by atoms with Gasteiger partial charge in [-0.3, -0.25) is 0 Å². The Kier molecular flexibility index (Phi) is 4.69. The number of nitrogens with zero attached hydrogens (tertiary/aromatic N) is 3. The first-order chi connectivity index (χ1) is 10.2. The van der Waals surface area contributed by atoms with Crippen molar-refractivity contribution in [2.45, 2.75) is 20.0 Å². The molecule has 6 heteroatoms. The Balaban J connectivity index is 2.29. The topological polar surface area (TPSA) is 111 Å². The number of nitriles is 1. The number of hydrogen-bond donors (Lipinski definition) is 2. The van der Waals surface area contributed by atoms with Crippen LogP contribution in [0.15, 0.2) is 24.3 Å². The van der Waals surface area contributed by atoms with Crippen LogP contribution in [0.2, 0.25) is 0 Å². The predicted octanol–water partition coefficient (Wildman–Crippen LogP) is 2.11. The first-order valence-corrected chi connectivity index (χ1v) is 6.65. The van der Waals surface area contributed by atoms with Gasteiger partial charge in [0.25, 0.3) is 0 Å². The zero-order valence-corrected chi connectivity index (χ0v) is 11.8. The zero-order chi connectivity index (χ0) is 15.2. The summed E-state index contributed by atoms with van der Waals surface area (Å²) in [5.74, 6) is 0.146. The highest BCUT2D eigenvalue weighted by Gasteiger charge is 2.12. The minimum absolute atomic E-state index is 0.0526. The van der Waals surface area contributed by atoms with Gasteiger partial charge in [-0.05, 0) is 12.0 Å². The molecule has 0 aliphatic heterocycles. The van der Waals surface area contributed by atoms with Gasteiger partial charge in [-0.2, -0.15) is 10.2 Å². The van der Waals surface area contributed by atoms with Crippen LogP contribution in [-0.4, -0.2) is 16.6 Å². The highest BCUT2D eigenvalue weighted by molar-refractivity contribution is 5.73. The fourth-order valence-corrected chi connectivity index (χ4v) is 1.91. The molecule has 1 aromatic carbocycles. The van der Waals surface area contributed by atoms with E-state index in [0.29, 0.717) is 12.3 Å². The predicted molar refractivity (Wildman–Crippen MR) is 81.0 cm³/mol. The van der Waals surface area contributed by atoms with E-state index in [1.807, 2.05) is 30.3 Å². The second kappa shape index (κ2) is 6.68. The Morgan fingerprint density at radius 3 is 2.52 bits per heavy atom. The lowest BCUT2D eigenvalue weighted by Gasteiger charge is -2.08. The van der Waals surface area contributed by atoms with Crippen LogP contribution >= 0.6 is 0 Å². The Morgan fingerprint density at radius 1 is 1.19 bits per heavy atom. The maximum Gasteiger partial charge on any atom is 0.222 e. The second-order valence-corrected chi connectivity index (χ2v) is 4.55. The maximum atomic E-state index is 9.18. The van der Waals surface area contributed by atoms with E-state index >= 15 is 0 Å². The van der Waals surface area contributed by atoms with Gasteiger partial charge >= 0.3 is 0 Å². The first-order valence-electron chi connectivity index (χ1n) is 6.65. The Morgan fingerprint density at radius 2 is 1.90 bits per heavy atom. The van der Waals surface area contributed by atoms with Gasteiger partial charge in [-0.25, -0.2) is 4.98 Å². The van der Waals surface area contributed by atoms with Gasteiger partial charge in [0.1, 0.15) is 17.5 Å². The van der Waals surface area contributed by atoms with Crippen LogP contribution in [0.5, 0.6) is 0 Å². The number of benzene rings is 1. The summed E-state index contributed by atoms with van der Waals surface area (Å²) < 4.78 is 5.48. The van der Waals surface area contributed by atoms with E-state index < -0.39 is 0 Å². The molecule has 21 heavy (non-hydrogen) atoms. The summed E-state index contributed by atoms with van der Waals surface area (Å²) in [5.41, 5.74) is 13.8. The third-order valence-electron chi connectivity index (χ3n) is 2.91. The normalized spacial score (nSPS) is 10.3. The van der Waals surface area contributed by atoms with Gasteiger partial charge in [-0.1, -0.05) is 31.2 Å². The highest BCUT2D eigenvalue weighted by Crippen LogP contribution is 2.25. The van der Waals surface area contributed by atoms with E-state index in [-0.39, 0.29) is 17.3 Å². The molecule has 0 aliphatic rings. The molecule has 1 aromatic heterocycles. The van der Waals surface area contributed by atoms with Gasteiger partial charge in [-0.15, -0.1) is 0 Å². The van der Waals surface area contributed by atoms with Crippen molar-refractivity contribution in [3.63, 3.8) is 0 Å². The van der Waals surface area contributed by atoms with Gasteiger partial charge in [0.05, 0.1) is 12.3 Å². The van der Waals surface area contributed by atoms with Crippen molar-refractivity contribution < 1.29 is 4.74 Å². The molecule has 0 radical (unpaired) electrons. The van der Waals surface area contributed by atoms with Crippen LogP contribution in [-0.2, 0) is 11.3 Å². The Hall–Kier alpha value is -2.65. The van der Waals surface area contributed by atoms with E-state index in [2.05, 4.69) is 16.9 Å². The highest BCUT2D eigenvalue weighted by atomic mass is 16.5. The molecule has 1 heterocycles. The molecule has 0 fully saturated rings. The largest absolute Gasteiger partial charge is 0.382 e. The van der Waals surface area contributed by atoms with Crippen molar-refractivity contribution in [3.05, 3.63) is 35.4 Å². The van der Waals surface area contributed by atoms with Crippen LogP contribution in [0, 0.1) is 11.3 Å². The molecule has 0 unspecified atom stereocenters. The number of nitrogen functional groups attached to an aromatic ring is 2. The van der Waals surface area contributed by atoms with Crippen LogP contribution < -0.4 is 11.5 Å². The van der Waals surface area contributed by atoms with E-state index in [1.54, 1.807) is 0 Å².